The number of para-hydroxylation sites is 1. The minimum absolute atomic E-state index is 0.00819. The average molecular weight is 250 g/mol. The van der Waals surface area contributed by atoms with Crippen LogP contribution in [0.15, 0.2) is 46.9 Å². The third-order valence-corrected chi connectivity index (χ3v) is 3.54. The molecule has 0 atom stereocenters. The van der Waals surface area contributed by atoms with Gasteiger partial charge in [0.05, 0.1) is 12.7 Å². The van der Waals surface area contributed by atoms with Gasteiger partial charge in [-0.2, -0.15) is 0 Å². The number of carbonyl (C=O) groups excluding carboxylic acids is 1. The van der Waals surface area contributed by atoms with Crippen LogP contribution in [0, 0.1) is 0 Å². The summed E-state index contributed by atoms with van der Waals surface area (Å²) in [4.78, 5) is 12.5. The molecule has 3 heteroatoms. The molecule has 3 nitrogen and oxygen atoms in total. The number of benzene rings is 2. The van der Waals surface area contributed by atoms with Crippen molar-refractivity contribution in [3.05, 3.63) is 53.6 Å². The van der Waals surface area contributed by atoms with E-state index < -0.39 is 0 Å². The van der Waals surface area contributed by atoms with Crippen LogP contribution < -0.4 is 4.74 Å². The Morgan fingerprint density at radius 2 is 1.89 bits per heavy atom. The zero-order chi connectivity index (χ0) is 13.0. The Bertz CT molecular complexity index is 827. The van der Waals surface area contributed by atoms with Gasteiger partial charge in [-0.3, -0.25) is 4.79 Å². The van der Waals surface area contributed by atoms with Crippen molar-refractivity contribution in [2.75, 3.05) is 7.11 Å². The first-order chi connectivity index (χ1) is 9.29. The number of ether oxygens (including phenoxy) is 1. The highest BCUT2D eigenvalue weighted by atomic mass is 16.5. The van der Waals surface area contributed by atoms with Gasteiger partial charge in [0.25, 0.3) is 0 Å². The van der Waals surface area contributed by atoms with Crippen LogP contribution in [-0.4, -0.2) is 12.9 Å². The van der Waals surface area contributed by atoms with E-state index in [-0.39, 0.29) is 5.78 Å². The molecule has 1 aliphatic rings. The molecule has 1 aromatic heterocycles. The van der Waals surface area contributed by atoms with Gasteiger partial charge in [-0.1, -0.05) is 18.2 Å². The van der Waals surface area contributed by atoms with Crippen LogP contribution in [0.3, 0.4) is 0 Å². The molecule has 0 saturated carbocycles. The lowest BCUT2D eigenvalue weighted by molar-refractivity contribution is 0.104. The maximum Gasteiger partial charge on any atom is 0.198 e. The minimum Gasteiger partial charge on any atom is -0.497 e. The molecule has 0 N–H and O–H groups in total. The molecular weight excluding hydrogens is 240 g/mol. The van der Waals surface area contributed by atoms with Gasteiger partial charge in [-0.15, -0.1) is 0 Å². The van der Waals surface area contributed by atoms with Crippen molar-refractivity contribution in [2.24, 2.45) is 0 Å². The Morgan fingerprint density at radius 1 is 1.05 bits per heavy atom. The summed E-state index contributed by atoms with van der Waals surface area (Å²) in [6.45, 7) is 0. The molecule has 0 bridgehead atoms. The van der Waals surface area contributed by atoms with Crippen LogP contribution >= 0.6 is 0 Å². The highest BCUT2D eigenvalue weighted by Crippen LogP contribution is 2.43. The van der Waals surface area contributed by atoms with E-state index >= 15 is 0 Å². The van der Waals surface area contributed by atoms with E-state index in [1.54, 1.807) is 13.2 Å². The number of carbonyl (C=O) groups is 1. The van der Waals surface area contributed by atoms with Crippen molar-refractivity contribution in [1.29, 1.82) is 0 Å². The Hall–Kier alpha value is -2.55. The molecule has 2 aromatic carbocycles. The molecule has 0 spiro atoms. The van der Waals surface area contributed by atoms with Crippen molar-refractivity contribution in [1.82, 2.24) is 0 Å². The van der Waals surface area contributed by atoms with Crippen LogP contribution in [-0.2, 0) is 0 Å². The molecule has 0 saturated heterocycles. The summed E-state index contributed by atoms with van der Waals surface area (Å²) in [6.07, 6.45) is 0. The number of fused-ring (bicyclic) bond motifs is 5. The van der Waals surface area contributed by atoms with Crippen LogP contribution in [0.2, 0.25) is 0 Å². The Labute approximate surface area is 109 Å². The third-order valence-electron chi connectivity index (χ3n) is 3.54. The Morgan fingerprint density at radius 3 is 2.74 bits per heavy atom. The van der Waals surface area contributed by atoms with E-state index in [1.165, 1.54) is 0 Å². The van der Waals surface area contributed by atoms with Gasteiger partial charge < -0.3 is 9.15 Å². The second-order valence-electron chi connectivity index (χ2n) is 4.54. The lowest BCUT2D eigenvalue weighted by Crippen LogP contribution is -1.95. The molecule has 1 aliphatic carbocycles. The molecule has 3 aromatic rings. The molecule has 0 radical (unpaired) electrons. The number of rotatable bonds is 1. The van der Waals surface area contributed by atoms with E-state index in [0.29, 0.717) is 22.6 Å². The van der Waals surface area contributed by atoms with Crippen LogP contribution in [0.4, 0.5) is 0 Å². The minimum atomic E-state index is 0.00819. The highest BCUT2D eigenvalue weighted by Gasteiger charge is 2.32. The number of ketones is 1. The third kappa shape index (κ3) is 1.24. The van der Waals surface area contributed by atoms with E-state index in [1.807, 2.05) is 36.4 Å². The van der Waals surface area contributed by atoms with E-state index in [9.17, 15) is 4.79 Å². The lowest BCUT2D eigenvalue weighted by atomic mass is 10.1. The molecule has 1 heterocycles. The Kier molecular flexibility index (Phi) is 1.90. The monoisotopic (exact) mass is 250 g/mol. The number of hydrogen-bond acceptors (Lipinski definition) is 3. The van der Waals surface area contributed by atoms with Gasteiger partial charge >= 0.3 is 0 Å². The van der Waals surface area contributed by atoms with Gasteiger partial charge in [0.15, 0.2) is 5.78 Å². The maximum absolute atomic E-state index is 12.5. The van der Waals surface area contributed by atoms with Crippen molar-refractivity contribution in [3.63, 3.8) is 0 Å². The summed E-state index contributed by atoms with van der Waals surface area (Å²) in [6, 6.07) is 13.1. The smallest absolute Gasteiger partial charge is 0.198 e. The maximum atomic E-state index is 12.5. The molecule has 4 rings (SSSR count). The van der Waals surface area contributed by atoms with Gasteiger partial charge in [0.1, 0.15) is 17.1 Å². The van der Waals surface area contributed by atoms with Crippen LogP contribution in [0.1, 0.15) is 15.9 Å². The number of furan rings is 1. The van der Waals surface area contributed by atoms with Crippen molar-refractivity contribution >= 4 is 16.8 Å². The summed E-state index contributed by atoms with van der Waals surface area (Å²) in [5, 5.41) is 0.873. The van der Waals surface area contributed by atoms with E-state index in [0.717, 1.165) is 16.5 Å². The predicted molar refractivity (Wildman–Crippen MR) is 71.6 cm³/mol. The van der Waals surface area contributed by atoms with Crippen molar-refractivity contribution in [2.45, 2.75) is 0 Å². The first kappa shape index (κ1) is 10.4. The molecule has 0 aliphatic heterocycles. The zero-order valence-corrected chi connectivity index (χ0v) is 10.3. The molecule has 19 heavy (non-hydrogen) atoms. The number of hydrogen-bond donors (Lipinski definition) is 0. The van der Waals surface area contributed by atoms with E-state index in [2.05, 4.69) is 0 Å². The summed E-state index contributed by atoms with van der Waals surface area (Å²) in [7, 11) is 1.59. The van der Waals surface area contributed by atoms with Gasteiger partial charge in [-0.25, -0.2) is 0 Å². The predicted octanol–water partition coefficient (Wildman–Crippen LogP) is 3.65. The molecular formula is C16H10O3. The van der Waals surface area contributed by atoms with Crippen molar-refractivity contribution in [3.8, 4) is 17.1 Å². The average Bonchev–Trinajstić information content (AvgIpc) is 2.95. The molecule has 0 fully saturated rings. The summed E-state index contributed by atoms with van der Waals surface area (Å²) in [5.41, 5.74) is 2.91. The summed E-state index contributed by atoms with van der Waals surface area (Å²) >= 11 is 0. The van der Waals surface area contributed by atoms with E-state index in [4.69, 9.17) is 9.15 Å². The highest BCUT2D eigenvalue weighted by molar-refractivity contribution is 6.26. The second-order valence-corrected chi connectivity index (χ2v) is 4.54. The normalized spacial score (nSPS) is 12.6. The van der Waals surface area contributed by atoms with Gasteiger partial charge in [-0.05, 0) is 24.3 Å². The molecule has 0 amide bonds. The number of methoxy groups -OCH3 is 1. The van der Waals surface area contributed by atoms with Gasteiger partial charge in [0.2, 0.25) is 0 Å². The SMILES string of the molecule is COc1ccc2c(c1)C(=O)c1c-2oc2ccccc12. The lowest BCUT2D eigenvalue weighted by Gasteiger charge is -2.02. The summed E-state index contributed by atoms with van der Waals surface area (Å²) in [5.74, 6) is 1.36. The standard InChI is InChI=1S/C16H10O3/c1-18-9-6-7-10-12(8-9)15(17)14-11-4-2-3-5-13(11)19-16(10)14/h2-8H,1H3. The fourth-order valence-electron chi connectivity index (χ4n) is 2.63. The van der Waals surface area contributed by atoms with Crippen LogP contribution in [0.5, 0.6) is 5.75 Å². The Balaban J connectivity index is 2.07. The van der Waals surface area contributed by atoms with Crippen molar-refractivity contribution < 1.29 is 13.9 Å². The quantitative estimate of drug-likeness (QED) is 0.517. The topological polar surface area (TPSA) is 39.4 Å². The van der Waals surface area contributed by atoms with Crippen LogP contribution in [0.25, 0.3) is 22.3 Å². The fourth-order valence-corrected chi connectivity index (χ4v) is 2.63. The molecule has 0 unspecified atom stereocenters. The van der Waals surface area contributed by atoms with Gasteiger partial charge in [0, 0.05) is 16.5 Å². The fraction of sp³-hybridized carbons (Fsp3) is 0.0625. The first-order valence-corrected chi connectivity index (χ1v) is 6.04. The first-order valence-electron chi connectivity index (χ1n) is 6.04. The summed E-state index contributed by atoms with van der Waals surface area (Å²) < 4.78 is 11.0. The second kappa shape index (κ2) is 3.48. The largest absolute Gasteiger partial charge is 0.497 e. The molecule has 92 valence electrons. The zero-order valence-electron chi connectivity index (χ0n) is 10.3.